The van der Waals surface area contributed by atoms with Gasteiger partial charge in [-0.2, -0.15) is 0 Å². The first-order valence-electron chi connectivity index (χ1n) is 16.8. The van der Waals surface area contributed by atoms with E-state index in [-0.39, 0.29) is 56.5 Å². The van der Waals surface area contributed by atoms with Gasteiger partial charge in [0.1, 0.15) is 0 Å². The van der Waals surface area contributed by atoms with Gasteiger partial charge in [-0.25, -0.2) is 0 Å². The minimum atomic E-state index is -0.0185. The van der Waals surface area contributed by atoms with Crippen LogP contribution in [0.1, 0.15) is 90.5 Å². The molecule has 8 rings (SSSR count). The third-order valence-corrected chi connectivity index (χ3v) is 9.21. The van der Waals surface area contributed by atoms with Gasteiger partial charge >= 0.3 is 0 Å². The van der Waals surface area contributed by atoms with Crippen LogP contribution in [0.15, 0.2) is 66.9 Å². The first-order chi connectivity index (χ1) is 22.5. The Labute approximate surface area is 321 Å². The molecule has 0 spiro atoms. The van der Waals surface area contributed by atoms with E-state index in [2.05, 4.69) is 146 Å². The number of aryl methyl sites for hydroxylation is 2. The molecule has 0 fully saturated rings. The number of fused-ring (bicyclic) bond motifs is 10. The Morgan fingerprint density at radius 3 is 1.72 bits per heavy atom. The van der Waals surface area contributed by atoms with E-state index in [4.69, 9.17) is 19.9 Å². The average molecular weight is 1020 g/mol. The van der Waals surface area contributed by atoms with Crippen molar-refractivity contribution in [2.24, 2.45) is 0 Å². The molecule has 0 amide bonds. The summed E-state index contributed by atoms with van der Waals surface area (Å²) in [6.45, 7) is 24.0. The van der Waals surface area contributed by atoms with Crippen LogP contribution in [-0.4, -0.2) is 28.7 Å². The molecule has 0 bridgehead atoms. The molecule has 0 unspecified atom stereocenters. The van der Waals surface area contributed by atoms with Crippen LogP contribution in [0.4, 0.5) is 0 Å². The van der Waals surface area contributed by atoms with Crippen LogP contribution in [0.5, 0.6) is 0 Å². The molecule has 6 nitrogen and oxygen atoms in total. The van der Waals surface area contributed by atoms with Gasteiger partial charge in [-0.15, -0.1) is 24.3 Å². The third-order valence-electron chi connectivity index (χ3n) is 9.21. The maximum atomic E-state index is 4.96. The van der Waals surface area contributed by atoms with Crippen molar-refractivity contribution < 1.29 is 40.2 Å². The van der Waals surface area contributed by atoms with E-state index in [9.17, 15) is 0 Å². The molecular weight excluding hydrogens is 973 g/mol. The van der Waals surface area contributed by atoms with Gasteiger partial charge in [0.15, 0.2) is 0 Å². The van der Waals surface area contributed by atoms with Crippen LogP contribution in [-0.2, 0) is 56.5 Å². The molecule has 6 aromatic heterocycles. The van der Waals surface area contributed by atoms with E-state index in [1.165, 1.54) is 16.8 Å². The summed E-state index contributed by atoms with van der Waals surface area (Å²) >= 11 is 0. The van der Waals surface area contributed by atoms with Gasteiger partial charge in [-0.1, -0.05) is 97.4 Å². The molecule has 2 aromatic carbocycles. The third kappa shape index (κ3) is 6.64. The fourth-order valence-electron chi connectivity index (χ4n) is 6.22. The summed E-state index contributed by atoms with van der Waals surface area (Å²) in [5.74, 6) is 0. The Balaban J connectivity index is 0.000000187. The molecule has 0 N–H and O–H groups in total. The zero-order valence-corrected chi connectivity index (χ0v) is 35.5. The normalized spacial score (nSPS) is 12.4. The first kappa shape index (κ1) is 37.7. The Morgan fingerprint density at radius 2 is 1.10 bits per heavy atom. The van der Waals surface area contributed by atoms with E-state index in [1.807, 2.05) is 18.2 Å². The molecule has 262 valence electrons. The molecule has 0 atom stereocenters. The van der Waals surface area contributed by atoms with Crippen molar-refractivity contribution in [1.82, 2.24) is 28.7 Å². The second kappa shape index (κ2) is 13.2. The number of para-hydroxylation sites is 2. The van der Waals surface area contributed by atoms with Crippen LogP contribution < -0.4 is 0 Å². The van der Waals surface area contributed by atoms with Crippen molar-refractivity contribution in [1.29, 1.82) is 0 Å². The predicted molar refractivity (Wildman–Crippen MR) is 199 cm³/mol. The van der Waals surface area contributed by atoms with Crippen LogP contribution in [0.2, 0.25) is 0 Å². The summed E-state index contributed by atoms with van der Waals surface area (Å²) in [6.07, 6.45) is 2.06. The molecular formula is C42H44Ir2N6-2. The maximum Gasteiger partial charge on any atom is 0.0777 e. The zero-order chi connectivity index (χ0) is 34.3. The summed E-state index contributed by atoms with van der Waals surface area (Å²) in [4.78, 5) is 19.5. The fraction of sp³-hybridized carbons (Fsp3) is 0.333. The Kier molecular flexibility index (Phi) is 9.97. The summed E-state index contributed by atoms with van der Waals surface area (Å²) < 4.78 is 4.41. The van der Waals surface area contributed by atoms with E-state index in [0.29, 0.717) is 0 Å². The summed E-state index contributed by atoms with van der Waals surface area (Å²) in [5, 5.41) is 1.96. The Bertz CT molecular complexity index is 2540. The van der Waals surface area contributed by atoms with Crippen LogP contribution in [0.3, 0.4) is 0 Å². The van der Waals surface area contributed by atoms with Gasteiger partial charge in [-0.05, 0) is 88.7 Å². The van der Waals surface area contributed by atoms with Crippen molar-refractivity contribution in [3.63, 3.8) is 0 Å². The number of benzene rings is 2. The minimum absolute atomic E-state index is 0. The molecule has 8 heteroatoms. The molecule has 2 radical (unpaired) electrons. The standard InChI is InChI=1S/C22H24N3.C20H20N3.2Ir/c1-21(2,3)18-12-11-14-16(23-18)13-19(22(4,5)6)25-17-10-8-7-9-15(17)24-20(14)25;1-12-10-16-17(11-13(12)2)23-9-8-15-14(19(23)22-16)6-7-18(21-15)20(3,4)5;;/h7-10,12-13H,1-6H3;7-11H,1-5H3;;/q2*-1;;. The molecule has 0 aliphatic rings. The number of hydrogen-bond donors (Lipinski definition) is 0. The van der Waals surface area contributed by atoms with Gasteiger partial charge in [0, 0.05) is 51.3 Å². The predicted octanol–water partition coefficient (Wildman–Crippen LogP) is 10.2. The van der Waals surface area contributed by atoms with Gasteiger partial charge in [0.05, 0.1) is 33.4 Å². The topological polar surface area (TPSA) is 60.4 Å². The van der Waals surface area contributed by atoms with Crippen molar-refractivity contribution in [3.05, 3.63) is 107 Å². The van der Waals surface area contributed by atoms with E-state index in [1.54, 1.807) is 0 Å². The first-order valence-corrected chi connectivity index (χ1v) is 16.8. The van der Waals surface area contributed by atoms with Crippen molar-refractivity contribution >= 4 is 55.2 Å². The van der Waals surface area contributed by atoms with Crippen LogP contribution >= 0.6 is 0 Å². The van der Waals surface area contributed by atoms with Gasteiger partial charge in [0.2, 0.25) is 0 Å². The molecule has 6 heterocycles. The van der Waals surface area contributed by atoms with E-state index >= 15 is 0 Å². The van der Waals surface area contributed by atoms with Crippen molar-refractivity contribution in [3.8, 4) is 0 Å². The van der Waals surface area contributed by atoms with Crippen LogP contribution in [0, 0.1) is 26.0 Å². The van der Waals surface area contributed by atoms with E-state index in [0.717, 1.165) is 66.6 Å². The van der Waals surface area contributed by atoms with Gasteiger partial charge in [0.25, 0.3) is 0 Å². The number of pyridine rings is 4. The molecule has 8 aromatic rings. The number of nitrogens with zero attached hydrogens (tertiary/aromatic N) is 6. The Hall–Kier alpha value is -3.54. The van der Waals surface area contributed by atoms with Crippen LogP contribution in [0.25, 0.3) is 55.2 Å². The summed E-state index contributed by atoms with van der Waals surface area (Å²) in [6, 6.07) is 27.8. The largest absolute Gasteiger partial charge is 0.348 e. The Morgan fingerprint density at radius 1 is 0.540 bits per heavy atom. The number of rotatable bonds is 0. The number of imidazole rings is 2. The molecule has 0 saturated carbocycles. The smallest absolute Gasteiger partial charge is 0.0777 e. The molecule has 0 saturated heterocycles. The molecule has 0 aliphatic carbocycles. The quantitative estimate of drug-likeness (QED) is 0.142. The second-order valence-electron chi connectivity index (χ2n) is 16.2. The van der Waals surface area contributed by atoms with E-state index < -0.39 is 0 Å². The number of aromatic nitrogens is 6. The zero-order valence-electron chi connectivity index (χ0n) is 30.7. The van der Waals surface area contributed by atoms with Crippen molar-refractivity contribution in [2.45, 2.75) is 92.4 Å². The molecule has 50 heavy (non-hydrogen) atoms. The minimum Gasteiger partial charge on any atom is -0.348 e. The maximum absolute atomic E-state index is 4.96. The van der Waals surface area contributed by atoms with Crippen molar-refractivity contribution in [2.75, 3.05) is 0 Å². The monoisotopic (exact) mass is 1020 g/mol. The van der Waals surface area contributed by atoms with Gasteiger partial charge < -0.3 is 18.8 Å². The molecule has 0 aliphatic heterocycles. The average Bonchev–Trinajstić information content (AvgIpc) is 3.58. The fourth-order valence-corrected chi connectivity index (χ4v) is 6.22. The van der Waals surface area contributed by atoms with Gasteiger partial charge in [-0.3, -0.25) is 9.97 Å². The SMILES string of the molecule is CC(C)(C)c1c[c-]c2c(cc(C(C)(C)C)n3c4ccccc4nc23)n1.Cc1cc2nc3c4[c-]cc(C(C)(C)C)nc4ccn3c2cc1C.[Ir].[Ir]. The summed E-state index contributed by atoms with van der Waals surface area (Å²) in [7, 11) is 0. The number of hydrogen-bond acceptors (Lipinski definition) is 4. The second-order valence-corrected chi connectivity index (χ2v) is 16.2. The summed E-state index contributed by atoms with van der Waals surface area (Å²) in [5.41, 5.74) is 14.0.